The lowest BCUT2D eigenvalue weighted by molar-refractivity contribution is 0.410. The van der Waals surface area contributed by atoms with E-state index in [1.54, 1.807) is 0 Å². The number of rotatable bonds is 2. The SMILES string of the molecule is SCc1cccc(C2CCC2)n1. The molecule has 1 aliphatic rings. The number of hydrogen-bond acceptors (Lipinski definition) is 2. The molecule has 0 saturated heterocycles. The van der Waals surface area contributed by atoms with E-state index in [0.717, 1.165) is 17.4 Å². The molecule has 1 aliphatic carbocycles. The molecule has 1 aromatic rings. The summed E-state index contributed by atoms with van der Waals surface area (Å²) in [6.45, 7) is 0. The molecule has 1 saturated carbocycles. The van der Waals surface area contributed by atoms with Gasteiger partial charge in [0, 0.05) is 17.4 Å². The maximum Gasteiger partial charge on any atom is 0.0503 e. The van der Waals surface area contributed by atoms with Crippen LogP contribution in [0.5, 0.6) is 0 Å². The Morgan fingerprint density at radius 2 is 2.25 bits per heavy atom. The number of aromatic nitrogens is 1. The van der Waals surface area contributed by atoms with Gasteiger partial charge in [0.25, 0.3) is 0 Å². The molecule has 0 amide bonds. The van der Waals surface area contributed by atoms with E-state index >= 15 is 0 Å². The van der Waals surface area contributed by atoms with Crippen molar-refractivity contribution in [3.63, 3.8) is 0 Å². The van der Waals surface area contributed by atoms with Gasteiger partial charge in [0.05, 0.1) is 5.69 Å². The van der Waals surface area contributed by atoms with Crippen LogP contribution in [0.1, 0.15) is 36.6 Å². The summed E-state index contributed by atoms with van der Waals surface area (Å²) >= 11 is 4.21. The molecule has 1 heterocycles. The van der Waals surface area contributed by atoms with Crippen molar-refractivity contribution in [3.8, 4) is 0 Å². The van der Waals surface area contributed by atoms with Crippen LogP contribution in [-0.2, 0) is 5.75 Å². The first-order chi connectivity index (χ1) is 5.90. The molecule has 64 valence electrons. The van der Waals surface area contributed by atoms with Gasteiger partial charge in [-0.25, -0.2) is 0 Å². The second-order valence-electron chi connectivity index (χ2n) is 3.34. The molecule has 0 aromatic carbocycles. The number of thiol groups is 1. The molecule has 2 rings (SSSR count). The lowest BCUT2D eigenvalue weighted by atomic mass is 9.83. The minimum absolute atomic E-state index is 0.741. The van der Waals surface area contributed by atoms with E-state index in [0.29, 0.717) is 0 Å². The molecule has 0 radical (unpaired) electrons. The fraction of sp³-hybridized carbons (Fsp3) is 0.500. The third kappa shape index (κ3) is 1.48. The van der Waals surface area contributed by atoms with Crippen molar-refractivity contribution >= 4 is 12.6 Å². The van der Waals surface area contributed by atoms with E-state index in [-0.39, 0.29) is 0 Å². The molecule has 1 aromatic heterocycles. The number of hydrogen-bond donors (Lipinski definition) is 1. The van der Waals surface area contributed by atoms with Crippen molar-refractivity contribution in [3.05, 3.63) is 29.6 Å². The van der Waals surface area contributed by atoms with E-state index in [1.807, 2.05) is 6.07 Å². The highest BCUT2D eigenvalue weighted by Crippen LogP contribution is 2.35. The molecule has 0 N–H and O–H groups in total. The van der Waals surface area contributed by atoms with Crippen LogP contribution in [0.2, 0.25) is 0 Å². The Morgan fingerprint density at radius 1 is 1.42 bits per heavy atom. The summed E-state index contributed by atoms with van der Waals surface area (Å²) in [6, 6.07) is 6.26. The summed E-state index contributed by atoms with van der Waals surface area (Å²) in [6.07, 6.45) is 4.02. The molecular formula is C10H13NS. The van der Waals surface area contributed by atoms with Gasteiger partial charge in [-0.05, 0) is 25.0 Å². The second-order valence-corrected chi connectivity index (χ2v) is 3.66. The minimum atomic E-state index is 0.741. The standard InChI is InChI=1S/C10H13NS/c12-7-9-5-2-6-10(11-9)8-3-1-4-8/h2,5-6,8,12H,1,3-4,7H2. The topological polar surface area (TPSA) is 12.9 Å². The summed E-state index contributed by atoms with van der Waals surface area (Å²) in [5.41, 5.74) is 2.37. The third-order valence-electron chi connectivity index (χ3n) is 2.51. The van der Waals surface area contributed by atoms with Crippen LogP contribution in [0.4, 0.5) is 0 Å². The predicted molar refractivity (Wildman–Crippen MR) is 53.5 cm³/mol. The smallest absolute Gasteiger partial charge is 0.0503 e. The van der Waals surface area contributed by atoms with Gasteiger partial charge >= 0.3 is 0 Å². The monoisotopic (exact) mass is 179 g/mol. The van der Waals surface area contributed by atoms with Crippen LogP contribution < -0.4 is 0 Å². The quantitative estimate of drug-likeness (QED) is 0.689. The van der Waals surface area contributed by atoms with E-state index < -0.39 is 0 Å². The molecule has 0 aliphatic heterocycles. The molecule has 2 heteroatoms. The average molecular weight is 179 g/mol. The Morgan fingerprint density at radius 3 is 2.83 bits per heavy atom. The van der Waals surface area contributed by atoms with Crippen molar-refractivity contribution in [2.24, 2.45) is 0 Å². The van der Waals surface area contributed by atoms with Gasteiger partial charge in [0.2, 0.25) is 0 Å². The zero-order chi connectivity index (χ0) is 8.39. The largest absolute Gasteiger partial charge is 0.257 e. The summed E-state index contributed by atoms with van der Waals surface area (Å²) in [7, 11) is 0. The van der Waals surface area contributed by atoms with Gasteiger partial charge in [-0.1, -0.05) is 12.5 Å². The highest BCUT2D eigenvalue weighted by molar-refractivity contribution is 7.79. The van der Waals surface area contributed by atoms with Crippen molar-refractivity contribution in [2.45, 2.75) is 30.9 Å². The van der Waals surface area contributed by atoms with Gasteiger partial charge in [0.1, 0.15) is 0 Å². The van der Waals surface area contributed by atoms with Crippen molar-refractivity contribution in [1.82, 2.24) is 4.98 Å². The van der Waals surface area contributed by atoms with Gasteiger partial charge < -0.3 is 0 Å². The Balaban J connectivity index is 2.19. The third-order valence-corrected chi connectivity index (χ3v) is 2.84. The molecule has 1 fully saturated rings. The van der Waals surface area contributed by atoms with Crippen molar-refractivity contribution in [2.75, 3.05) is 0 Å². The van der Waals surface area contributed by atoms with Gasteiger partial charge in [0.15, 0.2) is 0 Å². The minimum Gasteiger partial charge on any atom is -0.257 e. The highest BCUT2D eigenvalue weighted by Gasteiger charge is 2.20. The lowest BCUT2D eigenvalue weighted by Gasteiger charge is -2.24. The zero-order valence-electron chi connectivity index (χ0n) is 7.03. The molecule has 1 nitrogen and oxygen atoms in total. The van der Waals surface area contributed by atoms with Crippen LogP contribution in [0.15, 0.2) is 18.2 Å². The Labute approximate surface area is 78.6 Å². The molecular weight excluding hydrogens is 166 g/mol. The molecule has 0 spiro atoms. The summed E-state index contributed by atoms with van der Waals surface area (Å²) in [5.74, 6) is 1.49. The Hall–Kier alpha value is -0.500. The maximum absolute atomic E-state index is 4.54. The first-order valence-corrected chi connectivity index (χ1v) is 5.10. The Bertz CT molecular complexity index is 268. The number of pyridine rings is 1. The maximum atomic E-state index is 4.54. The molecule has 0 unspecified atom stereocenters. The van der Waals surface area contributed by atoms with Gasteiger partial charge in [-0.2, -0.15) is 12.6 Å². The van der Waals surface area contributed by atoms with E-state index in [9.17, 15) is 0 Å². The highest BCUT2D eigenvalue weighted by atomic mass is 32.1. The van der Waals surface area contributed by atoms with E-state index in [1.165, 1.54) is 25.0 Å². The van der Waals surface area contributed by atoms with Crippen LogP contribution in [0.3, 0.4) is 0 Å². The van der Waals surface area contributed by atoms with Crippen LogP contribution >= 0.6 is 12.6 Å². The summed E-state index contributed by atoms with van der Waals surface area (Å²) in [4.78, 5) is 4.54. The number of nitrogens with zero attached hydrogens (tertiary/aromatic N) is 1. The van der Waals surface area contributed by atoms with Crippen LogP contribution in [0, 0.1) is 0 Å². The van der Waals surface area contributed by atoms with Crippen LogP contribution in [-0.4, -0.2) is 4.98 Å². The first-order valence-electron chi connectivity index (χ1n) is 4.47. The van der Waals surface area contributed by atoms with Gasteiger partial charge in [-0.3, -0.25) is 4.98 Å². The van der Waals surface area contributed by atoms with Crippen molar-refractivity contribution in [1.29, 1.82) is 0 Å². The summed E-state index contributed by atoms with van der Waals surface area (Å²) < 4.78 is 0. The van der Waals surface area contributed by atoms with E-state index in [4.69, 9.17) is 0 Å². The van der Waals surface area contributed by atoms with E-state index in [2.05, 4.69) is 29.7 Å². The predicted octanol–water partition coefficient (Wildman–Crippen LogP) is 2.78. The molecule has 0 bridgehead atoms. The normalized spacial score (nSPS) is 17.4. The van der Waals surface area contributed by atoms with Crippen LogP contribution in [0.25, 0.3) is 0 Å². The van der Waals surface area contributed by atoms with Crippen molar-refractivity contribution < 1.29 is 0 Å². The summed E-state index contributed by atoms with van der Waals surface area (Å²) in [5, 5.41) is 0. The fourth-order valence-electron chi connectivity index (χ4n) is 1.52. The van der Waals surface area contributed by atoms with Gasteiger partial charge in [-0.15, -0.1) is 0 Å². The zero-order valence-corrected chi connectivity index (χ0v) is 7.93. The fourth-order valence-corrected chi connectivity index (χ4v) is 1.69. The average Bonchev–Trinajstić information content (AvgIpc) is 2.02. The Kier molecular flexibility index (Phi) is 2.35. The molecule has 12 heavy (non-hydrogen) atoms. The first kappa shape index (κ1) is 8.11. The second kappa shape index (κ2) is 3.48. The lowest BCUT2D eigenvalue weighted by Crippen LogP contribution is -2.10. The molecule has 0 atom stereocenters.